The smallest absolute Gasteiger partial charge is 0.306 e. The van der Waals surface area contributed by atoms with E-state index in [0.29, 0.717) is 0 Å². The molecular formula is C14H11ClF3N3O. The molecule has 22 heavy (non-hydrogen) atoms. The minimum absolute atomic E-state index is 0.000325. The fourth-order valence-electron chi connectivity index (χ4n) is 1.67. The van der Waals surface area contributed by atoms with Gasteiger partial charge >= 0.3 is 12.2 Å². The van der Waals surface area contributed by atoms with Crippen LogP contribution in [0.3, 0.4) is 0 Å². The number of carbonyl (C=O) groups excluding carboxylic acids is 1. The molecule has 2 amide bonds. The lowest BCUT2D eigenvalue weighted by Crippen LogP contribution is -2.20. The maximum atomic E-state index is 12.6. The Morgan fingerprint density at radius 1 is 1.18 bits per heavy atom. The molecule has 8 heteroatoms. The molecule has 0 atom stereocenters. The van der Waals surface area contributed by atoms with E-state index in [0.717, 1.165) is 23.8 Å². The summed E-state index contributed by atoms with van der Waals surface area (Å²) in [5, 5.41) is 4.68. The number of hydrogen-bond donors (Lipinski definition) is 2. The second-order valence-corrected chi connectivity index (χ2v) is 4.90. The molecule has 1 heterocycles. The molecule has 0 radical (unpaired) electrons. The SMILES string of the molecule is Cc1ccnc(NC(=O)Nc2cc(C(F)(F)F)ccc2Cl)c1. The first-order valence-corrected chi connectivity index (χ1v) is 6.51. The van der Waals surface area contributed by atoms with Gasteiger partial charge in [-0.05, 0) is 42.8 Å². The third-order valence-electron chi connectivity index (χ3n) is 2.70. The number of aryl methyl sites for hydroxylation is 1. The van der Waals surface area contributed by atoms with Gasteiger partial charge in [0.25, 0.3) is 0 Å². The molecule has 0 spiro atoms. The highest BCUT2D eigenvalue weighted by molar-refractivity contribution is 6.33. The molecule has 1 aromatic heterocycles. The fraction of sp³-hybridized carbons (Fsp3) is 0.143. The lowest BCUT2D eigenvalue weighted by molar-refractivity contribution is -0.137. The highest BCUT2D eigenvalue weighted by Crippen LogP contribution is 2.33. The third-order valence-corrected chi connectivity index (χ3v) is 3.03. The van der Waals surface area contributed by atoms with Gasteiger partial charge in [-0.25, -0.2) is 9.78 Å². The number of nitrogens with one attached hydrogen (secondary N) is 2. The number of urea groups is 1. The van der Waals surface area contributed by atoms with E-state index in [1.165, 1.54) is 6.20 Å². The number of halogens is 4. The molecule has 0 aliphatic carbocycles. The Labute approximate surface area is 129 Å². The Kier molecular flexibility index (Phi) is 4.56. The molecule has 0 unspecified atom stereocenters. The van der Waals surface area contributed by atoms with Gasteiger partial charge in [-0.1, -0.05) is 11.6 Å². The van der Waals surface area contributed by atoms with Gasteiger partial charge in [-0.2, -0.15) is 13.2 Å². The minimum atomic E-state index is -4.52. The van der Waals surface area contributed by atoms with Crippen molar-refractivity contribution in [3.63, 3.8) is 0 Å². The van der Waals surface area contributed by atoms with E-state index in [2.05, 4.69) is 15.6 Å². The van der Waals surface area contributed by atoms with E-state index in [1.807, 2.05) is 6.92 Å². The van der Waals surface area contributed by atoms with Crippen LogP contribution >= 0.6 is 11.6 Å². The van der Waals surface area contributed by atoms with E-state index in [9.17, 15) is 18.0 Å². The molecule has 0 saturated carbocycles. The quantitative estimate of drug-likeness (QED) is 0.838. The van der Waals surface area contributed by atoms with Crippen LogP contribution in [-0.4, -0.2) is 11.0 Å². The fourth-order valence-corrected chi connectivity index (χ4v) is 1.84. The van der Waals surface area contributed by atoms with Crippen molar-refractivity contribution in [1.29, 1.82) is 0 Å². The van der Waals surface area contributed by atoms with Gasteiger partial charge in [0.2, 0.25) is 0 Å². The Morgan fingerprint density at radius 3 is 2.55 bits per heavy atom. The van der Waals surface area contributed by atoms with Crippen LogP contribution in [0.15, 0.2) is 36.5 Å². The number of rotatable bonds is 2. The summed E-state index contributed by atoms with van der Waals surface area (Å²) in [4.78, 5) is 15.7. The molecule has 2 rings (SSSR count). The predicted octanol–water partition coefficient (Wildman–Crippen LogP) is 4.71. The molecule has 0 fully saturated rings. The lowest BCUT2D eigenvalue weighted by atomic mass is 10.2. The molecule has 1 aromatic carbocycles. The molecule has 2 N–H and O–H groups in total. The summed E-state index contributed by atoms with van der Waals surface area (Å²) < 4.78 is 37.9. The maximum Gasteiger partial charge on any atom is 0.416 e. The van der Waals surface area contributed by atoms with Gasteiger partial charge in [0.05, 0.1) is 16.3 Å². The van der Waals surface area contributed by atoms with Crippen LogP contribution in [0.2, 0.25) is 5.02 Å². The number of anilines is 2. The summed E-state index contributed by atoms with van der Waals surface area (Å²) in [5.41, 5.74) is -0.162. The normalized spacial score (nSPS) is 11.1. The number of aromatic nitrogens is 1. The van der Waals surface area contributed by atoms with Crippen molar-refractivity contribution in [3.05, 3.63) is 52.7 Å². The van der Waals surface area contributed by atoms with Gasteiger partial charge < -0.3 is 5.32 Å². The lowest BCUT2D eigenvalue weighted by Gasteiger charge is -2.12. The summed E-state index contributed by atoms with van der Waals surface area (Å²) in [6.07, 6.45) is -3.02. The van der Waals surface area contributed by atoms with Crippen LogP contribution in [-0.2, 0) is 6.18 Å². The maximum absolute atomic E-state index is 12.6. The summed E-state index contributed by atoms with van der Waals surface area (Å²) >= 11 is 5.79. The zero-order valence-electron chi connectivity index (χ0n) is 11.3. The van der Waals surface area contributed by atoms with E-state index >= 15 is 0 Å². The third kappa shape index (κ3) is 4.11. The number of carbonyl (C=O) groups is 1. The van der Waals surface area contributed by atoms with Gasteiger partial charge in [0.15, 0.2) is 0 Å². The molecule has 116 valence electrons. The van der Waals surface area contributed by atoms with Crippen molar-refractivity contribution in [2.24, 2.45) is 0 Å². The van der Waals surface area contributed by atoms with E-state index in [1.54, 1.807) is 12.1 Å². The molecule has 0 saturated heterocycles. The highest BCUT2D eigenvalue weighted by atomic mass is 35.5. The van der Waals surface area contributed by atoms with Crippen molar-refractivity contribution in [2.45, 2.75) is 13.1 Å². The molecular weight excluding hydrogens is 319 g/mol. The monoisotopic (exact) mass is 329 g/mol. The van der Waals surface area contributed by atoms with E-state index in [-0.39, 0.29) is 16.5 Å². The average molecular weight is 330 g/mol. The molecule has 0 aliphatic heterocycles. The van der Waals surface area contributed by atoms with Crippen LogP contribution in [0.25, 0.3) is 0 Å². The van der Waals surface area contributed by atoms with Crippen LogP contribution in [0, 0.1) is 6.92 Å². The van der Waals surface area contributed by atoms with Crippen molar-refractivity contribution in [2.75, 3.05) is 10.6 Å². The van der Waals surface area contributed by atoms with Crippen molar-refractivity contribution in [1.82, 2.24) is 4.98 Å². The number of pyridine rings is 1. The summed E-state index contributed by atoms with van der Waals surface area (Å²) in [7, 11) is 0. The number of amides is 2. The van der Waals surface area contributed by atoms with Crippen molar-refractivity contribution in [3.8, 4) is 0 Å². The highest BCUT2D eigenvalue weighted by Gasteiger charge is 2.31. The number of nitrogens with zero attached hydrogens (tertiary/aromatic N) is 1. The first-order chi connectivity index (χ1) is 10.3. The second-order valence-electron chi connectivity index (χ2n) is 4.49. The molecule has 0 aliphatic rings. The Hall–Kier alpha value is -2.28. The molecule has 2 aromatic rings. The molecule has 0 bridgehead atoms. The van der Waals surface area contributed by atoms with Crippen molar-refractivity contribution >= 4 is 29.1 Å². The van der Waals surface area contributed by atoms with Crippen LogP contribution in [0.5, 0.6) is 0 Å². The van der Waals surface area contributed by atoms with E-state index < -0.39 is 17.8 Å². The van der Waals surface area contributed by atoms with Crippen LogP contribution < -0.4 is 10.6 Å². The van der Waals surface area contributed by atoms with Gasteiger partial charge in [0.1, 0.15) is 5.82 Å². The number of hydrogen-bond acceptors (Lipinski definition) is 2. The minimum Gasteiger partial charge on any atom is -0.306 e. The summed E-state index contributed by atoms with van der Waals surface area (Å²) in [5.74, 6) is 0.278. The largest absolute Gasteiger partial charge is 0.416 e. The van der Waals surface area contributed by atoms with Gasteiger partial charge in [0, 0.05) is 6.20 Å². The first-order valence-electron chi connectivity index (χ1n) is 6.13. The zero-order valence-corrected chi connectivity index (χ0v) is 12.1. The average Bonchev–Trinajstić information content (AvgIpc) is 2.40. The molecule has 4 nitrogen and oxygen atoms in total. The Bertz CT molecular complexity index is 704. The Morgan fingerprint density at radius 2 is 1.91 bits per heavy atom. The van der Waals surface area contributed by atoms with Gasteiger partial charge in [-0.15, -0.1) is 0 Å². The van der Waals surface area contributed by atoms with E-state index in [4.69, 9.17) is 11.6 Å². The summed E-state index contributed by atoms with van der Waals surface area (Å²) in [6, 6.07) is 5.31. The van der Waals surface area contributed by atoms with Gasteiger partial charge in [-0.3, -0.25) is 5.32 Å². The first kappa shape index (κ1) is 16.1. The Balaban J connectivity index is 2.14. The summed E-state index contributed by atoms with van der Waals surface area (Å²) in [6.45, 7) is 1.81. The van der Waals surface area contributed by atoms with Crippen LogP contribution in [0.4, 0.5) is 29.5 Å². The predicted molar refractivity (Wildman–Crippen MR) is 78.1 cm³/mol. The van der Waals surface area contributed by atoms with Crippen molar-refractivity contribution < 1.29 is 18.0 Å². The zero-order chi connectivity index (χ0) is 16.3. The van der Waals surface area contributed by atoms with Crippen LogP contribution in [0.1, 0.15) is 11.1 Å². The number of alkyl halides is 3. The topological polar surface area (TPSA) is 54.0 Å². The standard InChI is InChI=1S/C14H11ClF3N3O/c1-8-4-5-19-12(6-8)21-13(22)20-11-7-9(14(16,17)18)2-3-10(11)15/h2-7H,1H3,(H2,19,20,21,22). The number of benzene rings is 1. The second kappa shape index (κ2) is 6.23.